The summed E-state index contributed by atoms with van der Waals surface area (Å²) in [5.41, 5.74) is 2.20. The average Bonchev–Trinajstić information content (AvgIpc) is 2.83. The summed E-state index contributed by atoms with van der Waals surface area (Å²) < 4.78 is 0. The zero-order chi connectivity index (χ0) is 14.2. The van der Waals surface area contributed by atoms with Crippen molar-refractivity contribution in [2.45, 2.75) is 30.0 Å². The van der Waals surface area contributed by atoms with Crippen molar-refractivity contribution in [3.8, 4) is 0 Å². The van der Waals surface area contributed by atoms with E-state index in [-0.39, 0.29) is 10.8 Å². The fraction of sp³-hybridized carbons (Fsp3) is 0.235. The van der Waals surface area contributed by atoms with Crippen molar-refractivity contribution in [3.05, 3.63) is 60.2 Å². The minimum atomic E-state index is -0.323. The average molecular weight is 283 g/mol. The Morgan fingerprint density at radius 1 is 1.10 bits per heavy atom. The maximum atomic E-state index is 12.3. The molecule has 1 aliphatic rings. The van der Waals surface area contributed by atoms with E-state index in [4.69, 9.17) is 0 Å². The molecule has 102 valence electrons. The first-order valence-electron chi connectivity index (χ1n) is 6.83. The SMILES string of the molecule is CCC1(c2ccccc2)Sc2ccccc2N1C(C)=O. The molecule has 0 bridgehead atoms. The first-order valence-corrected chi connectivity index (χ1v) is 7.65. The van der Waals surface area contributed by atoms with Gasteiger partial charge in [-0.25, -0.2) is 0 Å². The predicted octanol–water partition coefficient (Wildman–Crippen LogP) is 4.41. The van der Waals surface area contributed by atoms with Crippen LogP contribution in [0.2, 0.25) is 0 Å². The van der Waals surface area contributed by atoms with E-state index in [9.17, 15) is 4.79 Å². The molecule has 1 amide bonds. The third-order valence-corrected chi connectivity index (χ3v) is 5.37. The van der Waals surface area contributed by atoms with Crippen LogP contribution in [0.3, 0.4) is 0 Å². The molecule has 1 unspecified atom stereocenters. The normalized spacial score (nSPS) is 20.8. The van der Waals surface area contributed by atoms with E-state index >= 15 is 0 Å². The third-order valence-electron chi connectivity index (χ3n) is 3.77. The van der Waals surface area contributed by atoms with Gasteiger partial charge in [-0.3, -0.25) is 9.69 Å². The maximum absolute atomic E-state index is 12.3. The molecule has 0 aliphatic carbocycles. The molecule has 0 saturated carbocycles. The van der Waals surface area contributed by atoms with Gasteiger partial charge in [0.25, 0.3) is 0 Å². The van der Waals surface area contributed by atoms with E-state index in [1.807, 2.05) is 41.3 Å². The number of carbonyl (C=O) groups excluding carboxylic acids is 1. The number of para-hydroxylation sites is 1. The van der Waals surface area contributed by atoms with Crippen molar-refractivity contribution < 1.29 is 4.79 Å². The molecular weight excluding hydrogens is 266 g/mol. The van der Waals surface area contributed by atoms with Crippen LogP contribution in [-0.4, -0.2) is 5.91 Å². The quantitative estimate of drug-likeness (QED) is 0.813. The van der Waals surface area contributed by atoms with Crippen LogP contribution in [0.1, 0.15) is 25.8 Å². The molecule has 2 aromatic rings. The molecule has 0 fully saturated rings. The van der Waals surface area contributed by atoms with Gasteiger partial charge >= 0.3 is 0 Å². The highest BCUT2D eigenvalue weighted by molar-refractivity contribution is 8.01. The second-order valence-corrected chi connectivity index (χ2v) is 6.25. The Kier molecular flexibility index (Phi) is 3.30. The van der Waals surface area contributed by atoms with E-state index in [0.717, 1.165) is 12.1 Å². The zero-order valence-electron chi connectivity index (χ0n) is 11.7. The Morgan fingerprint density at radius 2 is 1.75 bits per heavy atom. The Balaban J connectivity index is 2.20. The summed E-state index contributed by atoms with van der Waals surface area (Å²) in [6.45, 7) is 3.79. The number of benzene rings is 2. The molecular formula is C17H17NOS. The lowest BCUT2D eigenvalue weighted by Crippen LogP contribution is -2.43. The number of thioether (sulfide) groups is 1. The zero-order valence-corrected chi connectivity index (χ0v) is 12.5. The van der Waals surface area contributed by atoms with E-state index in [2.05, 4.69) is 25.1 Å². The fourth-order valence-corrected chi connectivity index (χ4v) is 4.39. The first kappa shape index (κ1) is 13.3. The number of nitrogens with zero attached hydrogens (tertiary/aromatic N) is 1. The molecule has 0 spiro atoms. The van der Waals surface area contributed by atoms with E-state index in [0.29, 0.717) is 0 Å². The van der Waals surface area contributed by atoms with Gasteiger partial charge in [-0.15, -0.1) is 0 Å². The molecule has 0 aromatic heterocycles. The van der Waals surface area contributed by atoms with Gasteiger partial charge in [0.05, 0.1) is 5.69 Å². The van der Waals surface area contributed by atoms with Gasteiger partial charge in [-0.2, -0.15) is 0 Å². The summed E-state index contributed by atoms with van der Waals surface area (Å²) in [7, 11) is 0. The number of hydrogen-bond donors (Lipinski definition) is 0. The summed E-state index contributed by atoms with van der Waals surface area (Å²) >= 11 is 1.78. The lowest BCUT2D eigenvalue weighted by atomic mass is 10.0. The summed E-state index contributed by atoms with van der Waals surface area (Å²) in [6, 6.07) is 18.4. The third kappa shape index (κ3) is 1.85. The van der Waals surface area contributed by atoms with Crippen molar-refractivity contribution in [3.63, 3.8) is 0 Å². The van der Waals surface area contributed by atoms with Crippen LogP contribution in [0.4, 0.5) is 5.69 Å². The molecule has 0 N–H and O–H groups in total. The minimum Gasteiger partial charge on any atom is -0.292 e. The van der Waals surface area contributed by atoms with Gasteiger partial charge in [0.15, 0.2) is 0 Å². The highest BCUT2D eigenvalue weighted by Crippen LogP contribution is 2.57. The summed E-state index contributed by atoms with van der Waals surface area (Å²) in [4.78, 5) is 15.1. The van der Waals surface area contributed by atoms with Gasteiger partial charge in [-0.05, 0) is 24.1 Å². The molecule has 2 nitrogen and oxygen atoms in total. The van der Waals surface area contributed by atoms with Crippen LogP contribution in [0.25, 0.3) is 0 Å². The van der Waals surface area contributed by atoms with Crippen LogP contribution in [0.5, 0.6) is 0 Å². The van der Waals surface area contributed by atoms with E-state index in [1.165, 1.54) is 10.5 Å². The van der Waals surface area contributed by atoms with Crippen LogP contribution >= 0.6 is 11.8 Å². The smallest absolute Gasteiger partial charge is 0.225 e. The highest BCUT2D eigenvalue weighted by atomic mass is 32.2. The number of hydrogen-bond acceptors (Lipinski definition) is 2. The van der Waals surface area contributed by atoms with Crippen LogP contribution in [-0.2, 0) is 9.67 Å². The van der Waals surface area contributed by atoms with Gasteiger partial charge in [-0.1, -0.05) is 61.2 Å². The highest BCUT2D eigenvalue weighted by Gasteiger charge is 2.46. The summed E-state index contributed by atoms with van der Waals surface area (Å²) in [6.07, 6.45) is 0.871. The molecule has 1 atom stereocenters. The largest absolute Gasteiger partial charge is 0.292 e. The molecule has 0 saturated heterocycles. The van der Waals surface area contributed by atoms with Gasteiger partial charge in [0.2, 0.25) is 5.91 Å². The molecule has 3 heteroatoms. The van der Waals surface area contributed by atoms with E-state index < -0.39 is 0 Å². The monoisotopic (exact) mass is 283 g/mol. The van der Waals surface area contributed by atoms with Crippen LogP contribution < -0.4 is 4.90 Å². The van der Waals surface area contributed by atoms with Crippen LogP contribution in [0, 0.1) is 0 Å². The van der Waals surface area contributed by atoms with Gasteiger partial charge < -0.3 is 0 Å². The lowest BCUT2D eigenvalue weighted by molar-refractivity contribution is -0.117. The van der Waals surface area contributed by atoms with Crippen LogP contribution in [0.15, 0.2) is 59.5 Å². The summed E-state index contributed by atoms with van der Waals surface area (Å²) in [5, 5.41) is 0. The van der Waals surface area contributed by atoms with Crippen molar-refractivity contribution in [2.75, 3.05) is 4.90 Å². The first-order chi connectivity index (χ1) is 9.69. The van der Waals surface area contributed by atoms with Crippen molar-refractivity contribution in [1.82, 2.24) is 0 Å². The van der Waals surface area contributed by atoms with Crippen molar-refractivity contribution >= 4 is 23.4 Å². The Bertz CT molecular complexity index is 640. The number of fused-ring (bicyclic) bond motifs is 1. The Hall–Kier alpha value is -1.74. The van der Waals surface area contributed by atoms with Crippen molar-refractivity contribution in [2.24, 2.45) is 0 Å². The topological polar surface area (TPSA) is 20.3 Å². The second kappa shape index (κ2) is 4.98. The predicted molar refractivity (Wildman–Crippen MR) is 83.9 cm³/mol. The number of anilines is 1. The molecule has 1 heterocycles. The van der Waals surface area contributed by atoms with E-state index in [1.54, 1.807) is 18.7 Å². The van der Waals surface area contributed by atoms with Gasteiger partial charge in [0, 0.05) is 11.8 Å². The molecule has 3 rings (SSSR count). The number of rotatable bonds is 2. The molecule has 2 aromatic carbocycles. The van der Waals surface area contributed by atoms with Crippen molar-refractivity contribution in [1.29, 1.82) is 0 Å². The number of carbonyl (C=O) groups is 1. The number of amides is 1. The Labute approximate surface area is 123 Å². The minimum absolute atomic E-state index is 0.0909. The fourth-order valence-electron chi connectivity index (χ4n) is 2.90. The lowest BCUT2D eigenvalue weighted by Gasteiger charge is -2.37. The second-order valence-electron chi connectivity index (χ2n) is 4.93. The standard InChI is InChI=1S/C17H17NOS/c1-3-17(14-9-5-4-6-10-14)18(13(2)19)15-11-7-8-12-16(15)20-17/h4-12H,3H2,1-2H3. The molecule has 20 heavy (non-hydrogen) atoms. The van der Waals surface area contributed by atoms with Gasteiger partial charge in [0.1, 0.15) is 4.87 Å². The Morgan fingerprint density at radius 3 is 2.40 bits per heavy atom. The summed E-state index contributed by atoms with van der Waals surface area (Å²) in [5.74, 6) is 0.0909. The molecule has 1 aliphatic heterocycles. The molecule has 0 radical (unpaired) electrons. The maximum Gasteiger partial charge on any atom is 0.225 e.